The summed E-state index contributed by atoms with van der Waals surface area (Å²) in [7, 11) is 0. The molecule has 1 aliphatic heterocycles. The monoisotopic (exact) mass is 284 g/mol. The van der Waals surface area contributed by atoms with Crippen LogP contribution in [0.4, 0.5) is 23.1 Å². The van der Waals surface area contributed by atoms with Gasteiger partial charge in [0.15, 0.2) is 5.84 Å². The van der Waals surface area contributed by atoms with Crippen molar-refractivity contribution in [1.82, 2.24) is 9.97 Å². The van der Waals surface area contributed by atoms with E-state index in [0.29, 0.717) is 23.2 Å². The Morgan fingerprint density at radius 1 is 1.38 bits per heavy atom. The van der Waals surface area contributed by atoms with Gasteiger partial charge in [0.2, 0.25) is 5.95 Å². The number of para-hydroxylation sites is 2. The minimum atomic E-state index is 0.394. The number of nitrogens with one attached hydrogen (secondary N) is 2. The lowest BCUT2D eigenvalue weighted by Gasteiger charge is -2.18. The number of nitrogens with zero attached hydrogens (tertiary/aromatic N) is 4. The number of aromatic nitrogens is 2. The summed E-state index contributed by atoms with van der Waals surface area (Å²) < 4.78 is 0. The van der Waals surface area contributed by atoms with E-state index in [4.69, 9.17) is 11.7 Å². The van der Waals surface area contributed by atoms with Gasteiger partial charge in [0.05, 0.1) is 16.9 Å². The first-order valence-corrected chi connectivity index (χ1v) is 6.54. The van der Waals surface area contributed by atoms with Gasteiger partial charge in [-0.05, 0) is 19.1 Å². The summed E-state index contributed by atoms with van der Waals surface area (Å²) in [6.45, 7) is 2.71. The van der Waals surface area contributed by atoms with Crippen LogP contribution >= 0.6 is 0 Å². The van der Waals surface area contributed by atoms with E-state index in [1.165, 1.54) is 5.01 Å². The van der Waals surface area contributed by atoms with Gasteiger partial charge in [0.1, 0.15) is 5.82 Å². The standard InChI is InChI=1S/C13H16N8/c1-2-16-13-17-7-8-11(19-13)18-9-5-3-4-6-10(9)21(15)12(8)20-14/h3-7H,2,14-15H2,1H3,(H2,16,17,18,19)/b20-12-. The minimum Gasteiger partial charge on any atom is -0.354 e. The Kier molecular flexibility index (Phi) is 3.28. The van der Waals surface area contributed by atoms with Gasteiger partial charge in [-0.2, -0.15) is 10.1 Å². The Bertz CT molecular complexity index is 696. The number of rotatable bonds is 2. The van der Waals surface area contributed by atoms with Crippen molar-refractivity contribution in [2.75, 3.05) is 22.2 Å². The maximum absolute atomic E-state index is 6.12. The maximum atomic E-state index is 6.12. The van der Waals surface area contributed by atoms with E-state index >= 15 is 0 Å². The van der Waals surface area contributed by atoms with Gasteiger partial charge in [-0.1, -0.05) is 12.1 Å². The molecule has 1 aromatic carbocycles. The van der Waals surface area contributed by atoms with Crippen molar-refractivity contribution in [3.05, 3.63) is 36.0 Å². The number of anilines is 4. The maximum Gasteiger partial charge on any atom is 0.224 e. The molecule has 0 bridgehead atoms. The molecular weight excluding hydrogens is 268 g/mol. The smallest absolute Gasteiger partial charge is 0.224 e. The number of hydrogen-bond donors (Lipinski definition) is 4. The van der Waals surface area contributed by atoms with Crippen molar-refractivity contribution < 1.29 is 0 Å². The van der Waals surface area contributed by atoms with Crippen LogP contribution in [0, 0.1) is 0 Å². The Morgan fingerprint density at radius 2 is 2.19 bits per heavy atom. The third-order valence-corrected chi connectivity index (χ3v) is 3.13. The SMILES string of the molecule is CCNc1ncc2c(n1)Nc1ccccc1N(N)/C2=N\N. The molecule has 1 aromatic heterocycles. The van der Waals surface area contributed by atoms with Crippen molar-refractivity contribution in [3.63, 3.8) is 0 Å². The van der Waals surface area contributed by atoms with Crippen molar-refractivity contribution in [3.8, 4) is 0 Å². The third kappa shape index (κ3) is 2.21. The number of fused-ring (bicyclic) bond motifs is 2. The van der Waals surface area contributed by atoms with Gasteiger partial charge in [-0.3, -0.25) is 5.01 Å². The second kappa shape index (κ2) is 5.25. The molecule has 0 fully saturated rings. The second-order valence-electron chi connectivity index (χ2n) is 4.45. The molecule has 6 N–H and O–H groups in total. The van der Waals surface area contributed by atoms with Gasteiger partial charge in [-0.15, -0.1) is 0 Å². The highest BCUT2D eigenvalue weighted by Crippen LogP contribution is 2.33. The molecule has 0 aliphatic carbocycles. The first kappa shape index (κ1) is 13.1. The Labute approximate surface area is 121 Å². The molecule has 0 saturated heterocycles. The van der Waals surface area contributed by atoms with Crippen molar-refractivity contribution in [1.29, 1.82) is 0 Å². The number of hydrazine groups is 1. The minimum absolute atomic E-state index is 0.394. The fourth-order valence-electron chi connectivity index (χ4n) is 2.18. The molecule has 3 rings (SSSR count). The third-order valence-electron chi connectivity index (χ3n) is 3.13. The predicted octanol–water partition coefficient (Wildman–Crippen LogP) is 0.966. The van der Waals surface area contributed by atoms with E-state index in [9.17, 15) is 0 Å². The van der Waals surface area contributed by atoms with Crippen LogP contribution in [0.3, 0.4) is 0 Å². The summed E-state index contributed by atoms with van der Waals surface area (Å²) in [5, 5.41) is 11.5. The normalized spacial score (nSPS) is 15.0. The van der Waals surface area contributed by atoms with Gasteiger partial charge in [0, 0.05) is 12.7 Å². The lowest BCUT2D eigenvalue weighted by molar-refractivity contribution is 1.07. The van der Waals surface area contributed by atoms with Crippen molar-refractivity contribution in [2.24, 2.45) is 16.8 Å². The zero-order valence-electron chi connectivity index (χ0n) is 11.5. The summed E-state index contributed by atoms with van der Waals surface area (Å²) in [5.74, 6) is 13.2. The lowest BCUT2D eigenvalue weighted by atomic mass is 10.2. The van der Waals surface area contributed by atoms with Gasteiger partial charge in [0.25, 0.3) is 0 Å². The highest BCUT2D eigenvalue weighted by Gasteiger charge is 2.24. The molecule has 108 valence electrons. The predicted molar refractivity (Wildman–Crippen MR) is 83.3 cm³/mol. The fraction of sp³-hybridized carbons (Fsp3) is 0.154. The van der Waals surface area contributed by atoms with Crippen LogP contribution in [0.5, 0.6) is 0 Å². The number of benzene rings is 1. The molecule has 2 heterocycles. The molecule has 0 amide bonds. The van der Waals surface area contributed by atoms with Crippen LogP contribution in [0.15, 0.2) is 35.6 Å². The fourth-order valence-corrected chi connectivity index (χ4v) is 2.18. The van der Waals surface area contributed by atoms with Gasteiger partial charge >= 0.3 is 0 Å². The van der Waals surface area contributed by atoms with E-state index in [-0.39, 0.29) is 0 Å². The molecule has 21 heavy (non-hydrogen) atoms. The van der Waals surface area contributed by atoms with Gasteiger partial charge in [-0.25, -0.2) is 10.8 Å². The summed E-state index contributed by atoms with van der Waals surface area (Å²) >= 11 is 0. The molecule has 0 spiro atoms. The largest absolute Gasteiger partial charge is 0.354 e. The van der Waals surface area contributed by atoms with Crippen LogP contribution in [0.25, 0.3) is 0 Å². The van der Waals surface area contributed by atoms with Crippen molar-refractivity contribution >= 4 is 29.0 Å². The quantitative estimate of drug-likeness (QED) is 0.479. The molecule has 0 atom stereocenters. The molecule has 1 aliphatic rings. The van der Waals surface area contributed by atoms with Crippen LogP contribution in [0.2, 0.25) is 0 Å². The summed E-state index contributed by atoms with van der Waals surface area (Å²) in [6.07, 6.45) is 1.64. The molecule has 0 radical (unpaired) electrons. The molecule has 8 nitrogen and oxygen atoms in total. The van der Waals surface area contributed by atoms with Crippen molar-refractivity contribution in [2.45, 2.75) is 6.92 Å². The second-order valence-corrected chi connectivity index (χ2v) is 4.45. The van der Waals surface area contributed by atoms with E-state index in [1.807, 2.05) is 31.2 Å². The van der Waals surface area contributed by atoms with E-state index in [1.54, 1.807) is 6.20 Å². The molecule has 8 heteroatoms. The van der Waals surface area contributed by atoms with Crippen LogP contribution in [0.1, 0.15) is 12.5 Å². The van der Waals surface area contributed by atoms with E-state index in [2.05, 4.69) is 25.7 Å². The number of nitrogens with two attached hydrogens (primary N) is 2. The average Bonchev–Trinajstić information content (AvgIpc) is 2.61. The lowest BCUT2D eigenvalue weighted by Crippen LogP contribution is -2.38. The zero-order chi connectivity index (χ0) is 14.8. The Morgan fingerprint density at radius 3 is 2.95 bits per heavy atom. The summed E-state index contributed by atoms with van der Waals surface area (Å²) in [6, 6.07) is 7.59. The molecule has 0 saturated carbocycles. The summed E-state index contributed by atoms with van der Waals surface area (Å²) in [5.41, 5.74) is 2.21. The van der Waals surface area contributed by atoms with E-state index < -0.39 is 0 Å². The highest BCUT2D eigenvalue weighted by atomic mass is 15.5. The average molecular weight is 284 g/mol. The van der Waals surface area contributed by atoms with E-state index in [0.717, 1.165) is 17.9 Å². The number of hydrogen-bond acceptors (Lipinski definition) is 7. The first-order valence-electron chi connectivity index (χ1n) is 6.54. The van der Waals surface area contributed by atoms with Gasteiger partial charge < -0.3 is 16.5 Å². The Balaban J connectivity index is 2.17. The Hall–Kier alpha value is -2.87. The zero-order valence-corrected chi connectivity index (χ0v) is 11.5. The first-order chi connectivity index (χ1) is 10.2. The topological polar surface area (TPSA) is 117 Å². The highest BCUT2D eigenvalue weighted by molar-refractivity contribution is 6.15. The molecule has 2 aromatic rings. The number of amidine groups is 1. The van der Waals surface area contributed by atoms with Crippen LogP contribution in [-0.4, -0.2) is 22.3 Å². The molecule has 0 unspecified atom stereocenters. The number of hydrazone groups is 1. The molecular formula is C13H16N8. The van der Waals surface area contributed by atoms with Crippen LogP contribution in [-0.2, 0) is 0 Å². The summed E-state index contributed by atoms with van der Waals surface area (Å²) in [4.78, 5) is 8.68. The van der Waals surface area contributed by atoms with Crippen LogP contribution < -0.4 is 27.3 Å².